The van der Waals surface area contributed by atoms with E-state index in [4.69, 9.17) is 24.9 Å². The Kier molecular flexibility index (Phi) is 17.5. The van der Waals surface area contributed by atoms with E-state index in [0.717, 1.165) is 30.6 Å². The van der Waals surface area contributed by atoms with Gasteiger partial charge < -0.3 is 35.0 Å². The zero-order valence-electron chi connectivity index (χ0n) is 24.7. The minimum Gasteiger partial charge on any atom is -0.481 e. The summed E-state index contributed by atoms with van der Waals surface area (Å²) in [6.07, 6.45) is 5.38. The lowest BCUT2D eigenvalue weighted by molar-refractivity contribution is -0.150. The third-order valence-electron chi connectivity index (χ3n) is 6.06. The Morgan fingerprint density at radius 3 is 2.05 bits per heavy atom. The molecule has 1 aromatic heterocycles. The van der Waals surface area contributed by atoms with Crippen LogP contribution >= 0.6 is 0 Å². The normalized spacial score (nSPS) is 12.3. The summed E-state index contributed by atoms with van der Waals surface area (Å²) < 4.78 is 38.1. The lowest BCUT2D eigenvalue weighted by atomic mass is 9.71. The topological polar surface area (TPSA) is 244 Å². The number of aliphatic carboxylic acids is 3. The van der Waals surface area contributed by atoms with E-state index in [0.29, 0.717) is 12.8 Å². The molecule has 0 saturated carbocycles. The zero-order valence-corrected chi connectivity index (χ0v) is 25.5. The van der Waals surface area contributed by atoms with Crippen molar-refractivity contribution in [3.63, 3.8) is 0 Å². The largest absolute Gasteiger partial charge is 0.481 e. The number of carbonyl (C=O) groups is 4. The van der Waals surface area contributed by atoms with Crippen molar-refractivity contribution in [2.24, 2.45) is 17.1 Å². The molecule has 0 fully saturated rings. The maximum absolute atomic E-state index is 11.8. The maximum atomic E-state index is 11.8. The van der Waals surface area contributed by atoms with Gasteiger partial charge in [0.25, 0.3) is 0 Å². The van der Waals surface area contributed by atoms with E-state index >= 15 is 0 Å². The van der Waals surface area contributed by atoms with Crippen molar-refractivity contribution in [3.05, 3.63) is 54.0 Å². The fourth-order valence-electron chi connectivity index (χ4n) is 3.78. The van der Waals surface area contributed by atoms with E-state index in [1.807, 2.05) is 13.8 Å². The van der Waals surface area contributed by atoms with Crippen molar-refractivity contribution >= 4 is 34.2 Å². The first-order valence-electron chi connectivity index (χ1n) is 13.4. The number of benzene rings is 1. The molecule has 0 radical (unpaired) electrons. The van der Waals surface area contributed by atoms with Gasteiger partial charge in [0.05, 0.1) is 24.6 Å². The average Bonchev–Trinajstić information content (AvgIpc) is 3.43. The van der Waals surface area contributed by atoms with Crippen LogP contribution in [0.3, 0.4) is 0 Å². The van der Waals surface area contributed by atoms with Crippen LogP contribution < -0.4 is 15.2 Å². The first-order valence-corrected chi connectivity index (χ1v) is 14.8. The number of aryl methyl sites for hydroxylation is 2. The molecule has 7 N–H and O–H groups in total. The van der Waals surface area contributed by atoms with Crippen LogP contribution in [0.1, 0.15) is 64.7 Å². The number of furan rings is 1. The summed E-state index contributed by atoms with van der Waals surface area (Å²) in [6, 6.07) is 8.69. The Hall–Kier alpha value is -3.95. The van der Waals surface area contributed by atoms with E-state index < -0.39 is 58.1 Å². The molecule has 43 heavy (non-hydrogen) atoms. The molecule has 0 bridgehead atoms. The lowest BCUT2D eigenvalue weighted by Gasteiger charge is -2.34. The molecule has 1 aromatic carbocycles. The number of carboxylic acids is 3. The molecule has 2 atom stereocenters. The highest BCUT2D eigenvalue weighted by Crippen LogP contribution is 2.34. The van der Waals surface area contributed by atoms with Crippen LogP contribution in [0.25, 0.3) is 0 Å². The number of amides is 1. The molecule has 0 aliphatic rings. The molecule has 1 amide bonds. The van der Waals surface area contributed by atoms with E-state index in [1.165, 1.54) is 18.4 Å². The van der Waals surface area contributed by atoms with Crippen LogP contribution in [0.5, 0.6) is 5.75 Å². The van der Waals surface area contributed by atoms with Crippen LogP contribution in [0.15, 0.2) is 47.1 Å². The SMILES string of the molecule is CCCCC(C)(C)C(C(=O)O)[C@H](N)C(=O)NCC(=O)O.CCc1ccc(OS(=O)(=O)O)cc1.O=C(O)CCc1ccco1. The lowest BCUT2D eigenvalue weighted by Crippen LogP contribution is -2.53. The third kappa shape index (κ3) is 17.6. The molecular formula is C28H42N2O12S. The smallest absolute Gasteiger partial charge is 0.446 e. The van der Waals surface area contributed by atoms with Crippen molar-refractivity contribution in [2.45, 2.75) is 72.3 Å². The van der Waals surface area contributed by atoms with Gasteiger partial charge >= 0.3 is 28.3 Å². The Morgan fingerprint density at radius 2 is 1.63 bits per heavy atom. The molecule has 0 saturated heterocycles. The fourth-order valence-corrected chi connectivity index (χ4v) is 4.14. The standard InChI is InChI=1S/C13H24N2O5.C8H10O4S.C7H8O3/c1-4-5-6-13(2,3)9(12(19)20)10(14)11(18)15-7-8(16)17;1-2-7-3-5-8(6-4-7)12-13(9,10)11;8-7(9)4-3-6-2-1-5-10-6/h9-10H,4-7,14H2,1-3H3,(H,15,18)(H,16,17)(H,19,20);3-6H,2H2,1H3,(H,9,10,11);1-2,5H,3-4H2,(H,8,9)/t9?,10-;;/m0../s1. The van der Waals surface area contributed by atoms with Crippen molar-refractivity contribution in [1.82, 2.24) is 5.32 Å². The molecule has 0 aliphatic carbocycles. The molecule has 14 nitrogen and oxygen atoms in total. The van der Waals surface area contributed by atoms with Crippen LogP contribution in [0, 0.1) is 11.3 Å². The van der Waals surface area contributed by atoms with Crippen molar-refractivity contribution < 1.29 is 56.1 Å². The second kappa shape index (κ2) is 19.3. The molecule has 0 aliphatic heterocycles. The van der Waals surface area contributed by atoms with Crippen LogP contribution in [-0.4, -0.2) is 64.7 Å². The predicted molar refractivity (Wildman–Crippen MR) is 156 cm³/mol. The van der Waals surface area contributed by atoms with Gasteiger partial charge in [-0.15, -0.1) is 0 Å². The highest BCUT2D eigenvalue weighted by molar-refractivity contribution is 7.81. The van der Waals surface area contributed by atoms with Crippen molar-refractivity contribution in [1.29, 1.82) is 0 Å². The van der Waals surface area contributed by atoms with Gasteiger partial charge in [0.15, 0.2) is 0 Å². The monoisotopic (exact) mass is 630 g/mol. The summed E-state index contributed by atoms with van der Waals surface area (Å²) in [5.74, 6) is -4.14. The van der Waals surface area contributed by atoms with Gasteiger partial charge in [0.2, 0.25) is 5.91 Å². The highest BCUT2D eigenvalue weighted by Gasteiger charge is 2.42. The summed E-state index contributed by atoms with van der Waals surface area (Å²) >= 11 is 0. The van der Waals surface area contributed by atoms with Crippen LogP contribution in [0.2, 0.25) is 0 Å². The summed E-state index contributed by atoms with van der Waals surface area (Å²) in [4.78, 5) is 43.6. The molecular weight excluding hydrogens is 588 g/mol. The number of nitrogens with two attached hydrogens (primary N) is 1. The molecule has 0 spiro atoms. The first-order chi connectivity index (χ1) is 19.9. The van der Waals surface area contributed by atoms with Gasteiger partial charge in [0.1, 0.15) is 18.1 Å². The molecule has 2 aromatic rings. The van der Waals surface area contributed by atoms with E-state index in [2.05, 4.69) is 9.50 Å². The third-order valence-corrected chi connectivity index (χ3v) is 6.46. The molecule has 242 valence electrons. The Balaban J connectivity index is 0.000000656. The maximum Gasteiger partial charge on any atom is 0.446 e. The Labute approximate surface area is 251 Å². The number of carbonyl (C=O) groups excluding carboxylic acids is 1. The van der Waals surface area contributed by atoms with Gasteiger partial charge in [-0.25, -0.2) is 0 Å². The summed E-state index contributed by atoms with van der Waals surface area (Å²) in [5.41, 5.74) is 6.14. The number of hydrogen-bond acceptors (Lipinski definition) is 9. The van der Waals surface area contributed by atoms with Crippen molar-refractivity contribution in [3.8, 4) is 5.75 Å². The number of rotatable bonds is 15. The fraction of sp³-hybridized carbons (Fsp3) is 0.500. The van der Waals surface area contributed by atoms with E-state index in [1.54, 1.807) is 38.1 Å². The summed E-state index contributed by atoms with van der Waals surface area (Å²) in [5, 5.41) is 28.2. The van der Waals surface area contributed by atoms with Crippen LogP contribution in [0.4, 0.5) is 0 Å². The van der Waals surface area contributed by atoms with Gasteiger partial charge in [-0.3, -0.25) is 23.7 Å². The Bertz CT molecular complexity index is 1240. The van der Waals surface area contributed by atoms with Gasteiger partial charge in [-0.2, -0.15) is 8.42 Å². The van der Waals surface area contributed by atoms with Gasteiger partial charge in [-0.1, -0.05) is 52.7 Å². The summed E-state index contributed by atoms with van der Waals surface area (Å²) in [6.45, 7) is 6.91. The summed E-state index contributed by atoms with van der Waals surface area (Å²) in [7, 11) is -4.40. The van der Waals surface area contributed by atoms with Crippen LogP contribution in [-0.2, 0) is 42.4 Å². The minimum atomic E-state index is -4.40. The number of carboxylic acid groups (broad SMARTS) is 3. The quantitative estimate of drug-likeness (QED) is 0.155. The highest BCUT2D eigenvalue weighted by atomic mass is 32.3. The first kappa shape index (κ1) is 39.0. The molecule has 1 unspecified atom stereocenters. The van der Waals surface area contributed by atoms with Crippen molar-refractivity contribution in [2.75, 3.05) is 6.54 Å². The number of unbranched alkanes of at least 4 members (excludes halogenated alkanes) is 1. The minimum absolute atomic E-state index is 0.111. The van der Waals surface area contributed by atoms with E-state index in [-0.39, 0.29) is 12.2 Å². The second-order valence-corrected chi connectivity index (χ2v) is 11.0. The molecule has 15 heteroatoms. The Morgan fingerprint density at radius 1 is 1.02 bits per heavy atom. The van der Waals surface area contributed by atoms with E-state index in [9.17, 15) is 32.7 Å². The van der Waals surface area contributed by atoms with Gasteiger partial charge in [0, 0.05) is 6.42 Å². The average molecular weight is 631 g/mol. The zero-order chi connectivity index (χ0) is 33.2. The number of nitrogens with one attached hydrogen (secondary N) is 1. The second-order valence-electron chi connectivity index (χ2n) is 10.0. The predicted octanol–water partition coefficient (Wildman–Crippen LogP) is 3.16. The molecule has 2 rings (SSSR count). The molecule has 1 heterocycles. The van der Waals surface area contributed by atoms with Gasteiger partial charge in [-0.05, 0) is 48.1 Å². The number of hydrogen-bond donors (Lipinski definition) is 6.